The van der Waals surface area contributed by atoms with Crippen molar-refractivity contribution in [1.82, 2.24) is 0 Å². The number of nitrogens with two attached hydrogens (primary N) is 1. The van der Waals surface area contributed by atoms with Gasteiger partial charge in [0.25, 0.3) is 0 Å². The highest BCUT2D eigenvalue weighted by molar-refractivity contribution is 5.42. The standard InChI is InChI=1S/C17H21NO/c1-12-7-13(2)14(3)17(8-12)19-11-16-6-4-5-15(9-16)10-18/h4-9H,10-11,18H2,1-3H3. The molecule has 0 spiro atoms. The zero-order chi connectivity index (χ0) is 13.8. The fourth-order valence-corrected chi connectivity index (χ4v) is 2.16. The molecule has 0 saturated carbocycles. The van der Waals surface area contributed by atoms with Gasteiger partial charge in [0.05, 0.1) is 0 Å². The van der Waals surface area contributed by atoms with Crippen LogP contribution >= 0.6 is 0 Å². The van der Waals surface area contributed by atoms with Crippen molar-refractivity contribution in [2.75, 3.05) is 0 Å². The van der Waals surface area contributed by atoms with Gasteiger partial charge in [-0.25, -0.2) is 0 Å². The summed E-state index contributed by atoms with van der Waals surface area (Å²) in [5.74, 6) is 0.968. The van der Waals surface area contributed by atoms with Gasteiger partial charge in [0.15, 0.2) is 0 Å². The molecule has 2 heteroatoms. The van der Waals surface area contributed by atoms with Crippen LogP contribution in [0.4, 0.5) is 0 Å². The summed E-state index contributed by atoms with van der Waals surface area (Å²) in [6.45, 7) is 7.45. The molecule has 0 fully saturated rings. The summed E-state index contributed by atoms with van der Waals surface area (Å²) < 4.78 is 5.94. The van der Waals surface area contributed by atoms with Gasteiger partial charge in [0.1, 0.15) is 12.4 Å². The van der Waals surface area contributed by atoms with Crippen molar-refractivity contribution in [2.24, 2.45) is 5.73 Å². The summed E-state index contributed by atoms with van der Waals surface area (Å²) in [5, 5.41) is 0. The summed E-state index contributed by atoms with van der Waals surface area (Å²) in [7, 11) is 0. The van der Waals surface area contributed by atoms with Crippen molar-refractivity contribution >= 4 is 0 Å². The van der Waals surface area contributed by atoms with Gasteiger partial charge in [-0.05, 0) is 54.7 Å². The first-order valence-corrected chi connectivity index (χ1v) is 6.58. The molecule has 2 nitrogen and oxygen atoms in total. The lowest BCUT2D eigenvalue weighted by atomic mass is 10.1. The minimum Gasteiger partial charge on any atom is -0.489 e. The van der Waals surface area contributed by atoms with Gasteiger partial charge in [-0.1, -0.05) is 30.3 Å². The van der Waals surface area contributed by atoms with E-state index in [0.717, 1.165) is 16.9 Å². The molecular formula is C17H21NO. The third-order valence-electron chi connectivity index (χ3n) is 3.39. The fourth-order valence-electron chi connectivity index (χ4n) is 2.16. The predicted octanol–water partition coefficient (Wildman–Crippen LogP) is 3.65. The first-order valence-electron chi connectivity index (χ1n) is 6.58. The molecule has 0 aliphatic carbocycles. The van der Waals surface area contributed by atoms with Crippen molar-refractivity contribution in [1.29, 1.82) is 0 Å². The first-order chi connectivity index (χ1) is 9.10. The Bertz CT molecular complexity index is 575. The summed E-state index contributed by atoms with van der Waals surface area (Å²) in [4.78, 5) is 0. The van der Waals surface area contributed by atoms with Crippen LogP contribution in [-0.2, 0) is 13.2 Å². The SMILES string of the molecule is Cc1cc(C)c(C)c(OCc2cccc(CN)c2)c1. The van der Waals surface area contributed by atoms with E-state index in [-0.39, 0.29) is 0 Å². The van der Waals surface area contributed by atoms with Crippen LogP contribution in [0.5, 0.6) is 5.75 Å². The average molecular weight is 255 g/mol. The summed E-state index contributed by atoms with van der Waals surface area (Å²) in [5.41, 5.74) is 11.6. The zero-order valence-corrected chi connectivity index (χ0v) is 11.9. The van der Waals surface area contributed by atoms with Gasteiger partial charge in [0.2, 0.25) is 0 Å². The number of benzene rings is 2. The molecule has 0 aliphatic rings. The van der Waals surface area contributed by atoms with Crippen LogP contribution in [0.1, 0.15) is 27.8 Å². The van der Waals surface area contributed by atoms with Gasteiger partial charge in [-0.3, -0.25) is 0 Å². The fraction of sp³-hybridized carbons (Fsp3) is 0.294. The van der Waals surface area contributed by atoms with Crippen LogP contribution in [0.2, 0.25) is 0 Å². The van der Waals surface area contributed by atoms with E-state index in [1.54, 1.807) is 0 Å². The van der Waals surface area contributed by atoms with E-state index in [9.17, 15) is 0 Å². The van der Waals surface area contributed by atoms with Crippen molar-refractivity contribution in [2.45, 2.75) is 33.9 Å². The second-order valence-electron chi connectivity index (χ2n) is 5.02. The molecule has 19 heavy (non-hydrogen) atoms. The molecule has 0 atom stereocenters. The Morgan fingerprint density at radius 2 is 1.74 bits per heavy atom. The maximum absolute atomic E-state index is 5.94. The monoisotopic (exact) mass is 255 g/mol. The second-order valence-corrected chi connectivity index (χ2v) is 5.02. The van der Waals surface area contributed by atoms with E-state index in [4.69, 9.17) is 10.5 Å². The number of rotatable bonds is 4. The maximum Gasteiger partial charge on any atom is 0.123 e. The number of hydrogen-bond acceptors (Lipinski definition) is 2. The molecule has 2 rings (SSSR count). The summed E-state index contributed by atoms with van der Waals surface area (Å²) >= 11 is 0. The van der Waals surface area contributed by atoms with Crippen molar-refractivity contribution in [3.63, 3.8) is 0 Å². The minimum atomic E-state index is 0.566. The van der Waals surface area contributed by atoms with Crippen LogP contribution in [0.3, 0.4) is 0 Å². The van der Waals surface area contributed by atoms with Crippen molar-refractivity contribution in [3.05, 3.63) is 64.2 Å². The lowest BCUT2D eigenvalue weighted by Gasteiger charge is -2.13. The minimum absolute atomic E-state index is 0.566. The van der Waals surface area contributed by atoms with Gasteiger partial charge in [-0.2, -0.15) is 0 Å². The number of ether oxygens (including phenoxy) is 1. The Labute approximate surface area is 115 Å². The Kier molecular flexibility index (Phi) is 4.23. The first kappa shape index (κ1) is 13.6. The van der Waals surface area contributed by atoms with E-state index >= 15 is 0 Å². The molecule has 0 saturated heterocycles. The number of hydrogen-bond donors (Lipinski definition) is 1. The molecule has 0 aliphatic heterocycles. The summed E-state index contributed by atoms with van der Waals surface area (Å²) in [6, 6.07) is 12.5. The third-order valence-corrected chi connectivity index (χ3v) is 3.39. The lowest BCUT2D eigenvalue weighted by Crippen LogP contribution is -2.01. The van der Waals surface area contributed by atoms with E-state index in [0.29, 0.717) is 13.2 Å². The van der Waals surface area contributed by atoms with Crippen molar-refractivity contribution < 1.29 is 4.74 Å². The maximum atomic E-state index is 5.94. The molecule has 2 aromatic carbocycles. The Hall–Kier alpha value is -1.80. The molecule has 0 bridgehead atoms. The zero-order valence-electron chi connectivity index (χ0n) is 11.9. The Balaban J connectivity index is 2.14. The van der Waals surface area contributed by atoms with Crippen LogP contribution < -0.4 is 10.5 Å². The molecule has 100 valence electrons. The highest BCUT2D eigenvalue weighted by Gasteiger charge is 2.04. The second kappa shape index (κ2) is 5.89. The largest absolute Gasteiger partial charge is 0.489 e. The smallest absolute Gasteiger partial charge is 0.123 e. The summed E-state index contributed by atoms with van der Waals surface area (Å²) in [6.07, 6.45) is 0. The highest BCUT2D eigenvalue weighted by Crippen LogP contribution is 2.24. The normalized spacial score (nSPS) is 10.5. The van der Waals surface area contributed by atoms with Gasteiger partial charge >= 0.3 is 0 Å². The lowest BCUT2D eigenvalue weighted by molar-refractivity contribution is 0.303. The number of aryl methyl sites for hydroxylation is 2. The molecule has 0 aromatic heterocycles. The molecule has 2 aromatic rings. The predicted molar refractivity (Wildman–Crippen MR) is 79.3 cm³/mol. The Morgan fingerprint density at radius 3 is 2.47 bits per heavy atom. The molecule has 0 unspecified atom stereocenters. The van der Waals surface area contributed by atoms with Crippen LogP contribution in [-0.4, -0.2) is 0 Å². The third kappa shape index (κ3) is 3.36. The molecule has 2 N–H and O–H groups in total. The van der Waals surface area contributed by atoms with Crippen molar-refractivity contribution in [3.8, 4) is 5.75 Å². The average Bonchev–Trinajstić information content (AvgIpc) is 2.41. The molecule has 0 radical (unpaired) electrons. The van der Waals surface area contributed by atoms with E-state index in [2.05, 4.69) is 45.0 Å². The van der Waals surface area contributed by atoms with Crippen LogP contribution in [0.15, 0.2) is 36.4 Å². The van der Waals surface area contributed by atoms with Crippen LogP contribution in [0.25, 0.3) is 0 Å². The highest BCUT2D eigenvalue weighted by atomic mass is 16.5. The van der Waals surface area contributed by atoms with E-state index < -0.39 is 0 Å². The topological polar surface area (TPSA) is 35.2 Å². The Morgan fingerprint density at radius 1 is 1.00 bits per heavy atom. The molecule has 0 amide bonds. The van der Waals surface area contributed by atoms with Gasteiger partial charge < -0.3 is 10.5 Å². The van der Waals surface area contributed by atoms with Crippen LogP contribution in [0, 0.1) is 20.8 Å². The van der Waals surface area contributed by atoms with E-state index in [1.807, 2.05) is 12.1 Å². The quantitative estimate of drug-likeness (QED) is 0.905. The van der Waals surface area contributed by atoms with Gasteiger partial charge in [0, 0.05) is 6.54 Å². The molecule has 0 heterocycles. The molecular weight excluding hydrogens is 234 g/mol. The van der Waals surface area contributed by atoms with Gasteiger partial charge in [-0.15, -0.1) is 0 Å². The van der Waals surface area contributed by atoms with E-state index in [1.165, 1.54) is 16.7 Å².